The van der Waals surface area contributed by atoms with Crippen LogP contribution in [-0.2, 0) is 19.1 Å². The van der Waals surface area contributed by atoms with E-state index in [-0.39, 0.29) is 78.0 Å². The van der Waals surface area contributed by atoms with Crippen LogP contribution in [0, 0.1) is 24.1 Å². The Morgan fingerprint density at radius 3 is 2.49 bits per heavy atom. The van der Waals surface area contributed by atoms with Crippen LogP contribution in [0.25, 0.3) is 43.2 Å². The molecule has 0 aliphatic carbocycles. The Labute approximate surface area is 446 Å². The molecule has 0 spiro atoms. The van der Waals surface area contributed by atoms with Crippen molar-refractivity contribution in [3.05, 3.63) is 94.3 Å². The second-order valence-corrected chi connectivity index (χ2v) is 22.5. The van der Waals surface area contributed by atoms with Crippen LogP contribution in [-0.4, -0.2) is 143 Å². The number of thiazole rings is 1. The lowest BCUT2D eigenvalue weighted by Gasteiger charge is -2.35. The number of amides is 3. The van der Waals surface area contributed by atoms with E-state index in [2.05, 4.69) is 42.6 Å². The number of halogens is 2. The highest BCUT2D eigenvalue weighted by atomic mass is 35.5. The average molecular weight is 1060 g/mol. The van der Waals surface area contributed by atoms with Crippen molar-refractivity contribution >= 4 is 68.2 Å². The topological polar surface area (TPSA) is 195 Å². The number of aliphatic hydroxyl groups excluding tert-OH is 1. The molecule has 3 saturated heterocycles. The molecule has 19 heteroatoms. The van der Waals surface area contributed by atoms with E-state index in [1.165, 1.54) is 11.0 Å². The molecule has 398 valence electrons. The number of hydrogen-bond acceptors (Lipinski definition) is 14. The molecular weight excluding hydrogens is 997 g/mol. The summed E-state index contributed by atoms with van der Waals surface area (Å²) in [5.74, 6) is -1.13. The first-order chi connectivity index (χ1) is 35.9. The van der Waals surface area contributed by atoms with Crippen molar-refractivity contribution in [2.24, 2.45) is 11.3 Å². The minimum absolute atomic E-state index is 0.00733. The van der Waals surface area contributed by atoms with Crippen molar-refractivity contribution in [3.8, 4) is 33.3 Å². The molecule has 3 amide bonds. The van der Waals surface area contributed by atoms with E-state index in [9.17, 15) is 24.6 Å². The molecule has 3 fully saturated rings. The first-order valence-electron chi connectivity index (χ1n) is 25.8. The Morgan fingerprint density at radius 2 is 1.77 bits per heavy atom. The molecule has 0 unspecified atom stereocenters. The number of nitrogens with zero attached hydrogens (tertiary/aromatic N) is 6. The Bertz CT molecular complexity index is 3040. The van der Waals surface area contributed by atoms with Crippen LogP contribution in [0.1, 0.15) is 71.2 Å². The van der Waals surface area contributed by atoms with Crippen LogP contribution in [0.15, 0.2) is 72.2 Å². The van der Waals surface area contributed by atoms with Gasteiger partial charge in [-0.25, -0.2) is 9.37 Å². The van der Waals surface area contributed by atoms with Crippen molar-refractivity contribution in [1.82, 2.24) is 40.7 Å². The number of piperazine rings is 1. The number of piperidine rings is 1. The lowest BCUT2D eigenvalue weighted by atomic mass is 9.85. The summed E-state index contributed by atoms with van der Waals surface area (Å²) in [5, 5.41) is 32.8. The molecule has 9 rings (SSSR count). The maximum absolute atomic E-state index is 17.0. The molecule has 0 saturated carbocycles. The Hall–Kier alpha value is -6.02. The number of hydrogen-bond donors (Lipinski definition) is 5. The number of ether oxygens (including phenoxy) is 2. The van der Waals surface area contributed by atoms with Crippen LogP contribution in [0.4, 0.5) is 10.2 Å². The number of fused-ring (bicyclic) bond motifs is 2. The van der Waals surface area contributed by atoms with Crippen LogP contribution in [0.3, 0.4) is 0 Å². The number of phenols is 1. The fraction of sp³-hybridized carbons (Fsp3) is 0.464. The minimum atomic E-state index is -0.975. The van der Waals surface area contributed by atoms with Crippen molar-refractivity contribution in [3.63, 3.8) is 0 Å². The standard InChI is InChI=1S/C56H67ClFN9O7S/c1-32-27-59-17-20-66(32)52-43-26-44(57)47(42-24-39(68)23-38-9-7-8-10-41(38)42)48(58)49(43)63-55(64-52)74-22-21-65-18-15-35(16-19-65)29-73-30-46(70)62-51(56(4,5)6)54(72)67-28-40(69)25-45(67)53(71)61-33(2)36-11-13-37(14-12-36)50-34(3)60-31-75-50/h7-14,23-24,26,31-33,35,40,45,51,59,68-69H,15-22,25,27-30H2,1-6H3,(H,61,71)(H,62,70)/t32-,33-,40+,45-,51+/m0/s1. The molecule has 4 aromatic carbocycles. The van der Waals surface area contributed by atoms with Crippen LogP contribution in [0.5, 0.6) is 11.8 Å². The van der Waals surface area contributed by atoms with Crippen molar-refractivity contribution in [1.29, 1.82) is 0 Å². The summed E-state index contributed by atoms with van der Waals surface area (Å²) in [6.45, 7) is 16.1. The van der Waals surface area contributed by atoms with Gasteiger partial charge < -0.3 is 45.4 Å². The van der Waals surface area contributed by atoms with E-state index in [0.717, 1.165) is 71.5 Å². The SMILES string of the molecule is Cc1ncsc1-c1ccc([C@H](C)NC(=O)[C@@H]2C[C@@H](O)CN2C(=O)[C@@H](NC(=O)COCC2CCN(CCOc3nc(N4CCNC[C@@H]4C)c4cc(Cl)c(-c5cc(O)cc6ccccc56)c(F)c4n3)CC2)C(C)(C)C)cc1. The van der Waals surface area contributed by atoms with Crippen molar-refractivity contribution < 1.29 is 38.5 Å². The Morgan fingerprint density at radius 1 is 1.01 bits per heavy atom. The van der Waals surface area contributed by atoms with Gasteiger partial charge in [-0.2, -0.15) is 9.97 Å². The van der Waals surface area contributed by atoms with Gasteiger partial charge in [0.1, 0.15) is 42.4 Å². The number of aromatic nitrogens is 3. The molecule has 0 radical (unpaired) electrons. The van der Waals surface area contributed by atoms with Gasteiger partial charge in [-0.15, -0.1) is 11.3 Å². The van der Waals surface area contributed by atoms with Gasteiger partial charge in [-0.05, 0) is 104 Å². The number of benzene rings is 4. The van der Waals surface area contributed by atoms with E-state index in [1.54, 1.807) is 23.5 Å². The largest absolute Gasteiger partial charge is 0.508 e. The highest BCUT2D eigenvalue weighted by Gasteiger charge is 2.45. The molecule has 3 aliphatic heterocycles. The first-order valence-corrected chi connectivity index (χ1v) is 27.1. The fourth-order valence-electron chi connectivity index (χ4n) is 10.5. The van der Waals surface area contributed by atoms with E-state index in [1.807, 2.05) is 88.7 Å². The van der Waals surface area contributed by atoms with Gasteiger partial charge in [0.05, 0.1) is 39.9 Å². The molecule has 3 aliphatic rings. The zero-order chi connectivity index (χ0) is 53.1. The molecular formula is C56H67ClFN9O7S. The smallest absolute Gasteiger partial charge is 0.319 e. The van der Waals surface area contributed by atoms with Crippen molar-refractivity contribution in [2.75, 3.05) is 70.5 Å². The lowest BCUT2D eigenvalue weighted by Crippen LogP contribution is -2.58. The van der Waals surface area contributed by atoms with E-state index < -0.39 is 41.2 Å². The number of β-amino-alcohol motifs (C(OH)–C–C–N with tert-alkyl or cyclic N) is 1. The van der Waals surface area contributed by atoms with Gasteiger partial charge in [0, 0.05) is 56.1 Å². The summed E-state index contributed by atoms with van der Waals surface area (Å²) < 4.78 is 29.2. The zero-order valence-corrected chi connectivity index (χ0v) is 44.9. The zero-order valence-electron chi connectivity index (χ0n) is 43.4. The summed E-state index contributed by atoms with van der Waals surface area (Å²) in [5.41, 5.74) is 4.67. The maximum Gasteiger partial charge on any atom is 0.319 e. The van der Waals surface area contributed by atoms with Gasteiger partial charge in [-0.3, -0.25) is 19.3 Å². The average Bonchev–Trinajstić information content (AvgIpc) is 4.01. The maximum atomic E-state index is 17.0. The number of aryl methyl sites for hydroxylation is 1. The first kappa shape index (κ1) is 53.8. The highest BCUT2D eigenvalue weighted by Crippen LogP contribution is 2.43. The van der Waals surface area contributed by atoms with E-state index in [0.29, 0.717) is 36.5 Å². The number of likely N-dealkylation sites (tertiary alicyclic amines) is 2. The molecule has 75 heavy (non-hydrogen) atoms. The third-order valence-electron chi connectivity index (χ3n) is 14.7. The Kier molecular flexibility index (Phi) is 16.5. The number of nitrogens with one attached hydrogen (secondary N) is 3. The lowest BCUT2D eigenvalue weighted by molar-refractivity contribution is -0.144. The second-order valence-electron chi connectivity index (χ2n) is 21.3. The monoisotopic (exact) mass is 1060 g/mol. The summed E-state index contributed by atoms with van der Waals surface area (Å²) in [7, 11) is 0. The quantitative estimate of drug-likeness (QED) is 0.0635. The van der Waals surface area contributed by atoms with Gasteiger partial charge in [0.15, 0.2) is 5.82 Å². The summed E-state index contributed by atoms with van der Waals surface area (Å²) in [4.78, 5) is 62.1. The number of phenolic OH excluding ortho intramolecular Hbond substituents is 1. The second kappa shape index (κ2) is 23.1. The fourth-order valence-corrected chi connectivity index (χ4v) is 11.6. The predicted molar refractivity (Wildman–Crippen MR) is 291 cm³/mol. The number of carbonyl (C=O) groups excluding carboxylic acids is 3. The molecule has 2 aromatic heterocycles. The minimum Gasteiger partial charge on any atom is -0.508 e. The van der Waals surface area contributed by atoms with Gasteiger partial charge in [0.25, 0.3) is 0 Å². The van der Waals surface area contributed by atoms with Gasteiger partial charge in [0.2, 0.25) is 17.7 Å². The Balaban J connectivity index is 0.770. The van der Waals surface area contributed by atoms with Crippen LogP contribution < -0.4 is 25.6 Å². The van der Waals surface area contributed by atoms with Gasteiger partial charge >= 0.3 is 6.01 Å². The number of aromatic hydroxyl groups is 1. The molecule has 5 heterocycles. The number of anilines is 1. The van der Waals surface area contributed by atoms with Crippen molar-refractivity contribution in [2.45, 2.75) is 91.1 Å². The summed E-state index contributed by atoms with van der Waals surface area (Å²) in [6.07, 6.45) is 0.860. The van der Waals surface area contributed by atoms with Crippen LogP contribution in [0.2, 0.25) is 5.02 Å². The normalized spacial score (nSPS) is 19.6. The van der Waals surface area contributed by atoms with E-state index >= 15 is 4.39 Å². The van der Waals surface area contributed by atoms with E-state index in [4.69, 9.17) is 26.1 Å². The van der Waals surface area contributed by atoms with Gasteiger partial charge in [-0.1, -0.05) is 80.9 Å². The number of aliphatic hydroxyl groups is 1. The molecule has 5 atom stereocenters. The molecule has 6 aromatic rings. The summed E-state index contributed by atoms with van der Waals surface area (Å²) in [6, 6.07) is 18.1. The summed E-state index contributed by atoms with van der Waals surface area (Å²) >= 11 is 8.49. The molecule has 5 N–H and O–H groups in total. The highest BCUT2D eigenvalue weighted by molar-refractivity contribution is 7.13. The predicted octanol–water partition coefficient (Wildman–Crippen LogP) is 7.66. The third-order valence-corrected chi connectivity index (χ3v) is 16.0. The number of rotatable bonds is 16. The molecule has 16 nitrogen and oxygen atoms in total. The number of carbonyl (C=O) groups is 3. The van der Waals surface area contributed by atoms with Crippen LogP contribution >= 0.6 is 22.9 Å². The molecule has 0 bridgehead atoms. The third kappa shape index (κ3) is 12.2.